The monoisotopic (exact) mass is 559 g/mol. The lowest BCUT2D eigenvalue weighted by Gasteiger charge is -2.17. The summed E-state index contributed by atoms with van der Waals surface area (Å²) in [5.41, 5.74) is 2.38. The van der Waals surface area contributed by atoms with E-state index in [0.717, 1.165) is 24.4 Å². The molecular formula is C28H25N5O8. The van der Waals surface area contributed by atoms with Crippen LogP contribution in [0.25, 0.3) is 6.08 Å². The van der Waals surface area contributed by atoms with Gasteiger partial charge >= 0.3 is 5.97 Å². The van der Waals surface area contributed by atoms with Crippen LogP contribution in [0.3, 0.4) is 0 Å². The van der Waals surface area contributed by atoms with Gasteiger partial charge < -0.3 is 10.1 Å². The fourth-order valence-corrected chi connectivity index (χ4v) is 3.14. The van der Waals surface area contributed by atoms with Gasteiger partial charge in [-0.2, -0.15) is 5.10 Å². The first-order valence-electron chi connectivity index (χ1n) is 12.0. The number of benzene rings is 3. The van der Waals surface area contributed by atoms with Crippen molar-refractivity contribution in [3.63, 3.8) is 0 Å². The molecule has 2 amide bonds. The van der Waals surface area contributed by atoms with Crippen molar-refractivity contribution in [3.8, 4) is 5.75 Å². The zero-order valence-corrected chi connectivity index (χ0v) is 22.2. The topological polar surface area (TPSA) is 183 Å². The van der Waals surface area contributed by atoms with Crippen molar-refractivity contribution in [2.45, 2.75) is 20.8 Å². The molecule has 210 valence electrons. The second-order valence-corrected chi connectivity index (χ2v) is 9.57. The lowest BCUT2D eigenvalue weighted by Crippen LogP contribution is -2.27. The third-order valence-electron chi connectivity index (χ3n) is 5.36. The Labute approximate surface area is 233 Å². The lowest BCUT2D eigenvalue weighted by molar-refractivity contribution is -0.385. The summed E-state index contributed by atoms with van der Waals surface area (Å²) >= 11 is 0. The standard InChI is InChI=1S/C28H25N5O8/c1-28(2,3)27(36)30-21-10-8-19(9-11-21)26(35)31-29-17-20-16-23(33(39)40)12-13-24(20)41-25(34)14-7-18-5-4-6-22(15-18)32(37)38/h4-17H,1-3H3,(H,30,36)(H,31,35)/b14-7+,29-17+. The molecule has 41 heavy (non-hydrogen) atoms. The maximum Gasteiger partial charge on any atom is 0.336 e. The first-order valence-corrected chi connectivity index (χ1v) is 12.0. The normalized spacial score (nSPS) is 11.3. The fourth-order valence-electron chi connectivity index (χ4n) is 3.14. The van der Waals surface area contributed by atoms with Crippen molar-refractivity contribution in [1.29, 1.82) is 0 Å². The second kappa shape index (κ2) is 12.9. The molecule has 13 nitrogen and oxygen atoms in total. The summed E-state index contributed by atoms with van der Waals surface area (Å²) in [5.74, 6) is -1.73. The van der Waals surface area contributed by atoms with Gasteiger partial charge in [-0.25, -0.2) is 10.2 Å². The van der Waals surface area contributed by atoms with Gasteiger partial charge in [0.25, 0.3) is 17.3 Å². The molecular weight excluding hydrogens is 534 g/mol. The molecule has 0 fully saturated rings. The second-order valence-electron chi connectivity index (χ2n) is 9.57. The molecule has 0 saturated carbocycles. The van der Waals surface area contributed by atoms with E-state index in [0.29, 0.717) is 11.3 Å². The Kier molecular flexibility index (Phi) is 9.38. The Bertz CT molecular complexity index is 1560. The van der Waals surface area contributed by atoms with E-state index in [1.54, 1.807) is 39.0 Å². The molecule has 13 heteroatoms. The molecule has 0 radical (unpaired) electrons. The van der Waals surface area contributed by atoms with Gasteiger partial charge in [0.1, 0.15) is 5.75 Å². The van der Waals surface area contributed by atoms with Crippen molar-refractivity contribution < 1.29 is 29.0 Å². The summed E-state index contributed by atoms with van der Waals surface area (Å²) in [6.45, 7) is 5.31. The van der Waals surface area contributed by atoms with Crippen molar-refractivity contribution in [2.75, 3.05) is 5.32 Å². The molecule has 0 aliphatic rings. The van der Waals surface area contributed by atoms with Gasteiger partial charge in [-0.1, -0.05) is 32.9 Å². The number of esters is 1. The predicted octanol–water partition coefficient (Wildman–Crippen LogP) is 4.87. The molecule has 2 N–H and O–H groups in total. The van der Waals surface area contributed by atoms with E-state index in [-0.39, 0.29) is 34.2 Å². The van der Waals surface area contributed by atoms with Crippen LogP contribution in [0.4, 0.5) is 17.1 Å². The molecule has 3 rings (SSSR count). The van der Waals surface area contributed by atoms with Gasteiger partial charge in [-0.05, 0) is 42.0 Å². The Morgan fingerprint density at radius 1 is 0.902 bits per heavy atom. The van der Waals surface area contributed by atoms with Gasteiger partial charge in [0.2, 0.25) is 5.91 Å². The van der Waals surface area contributed by atoms with Gasteiger partial charge in [0.05, 0.1) is 16.1 Å². The minimum atomic E-state index is -0.859. The predicted molar refractivity (Wildman–Crippen MR) is 150 cm³/mol. The number of non-ortho nitro benzene ring substituents is 2. The molecule has 0 aliphatic carbocycles. The number of hydrogen-bond donors (Lipinski definition) is 2. The van der Waals surface area contributed by atoms with E-state index in [1.165, 1.54) is 42.5 Å². The number of nitrogens with one attached hydrogen (secondary N) is 2. The van der Waals surface area contributed by atoms with Crippen LogP contribution in [0.5, 0.6) is 5.75 Å². The Balaban J connectivity index is 1.71. The molecule has 3 aromatic rings. The smallest absolute Gasteiger partial charge is 0.336 e. The van der Waals surface area contributed by atoms with Crippen molar-refractivity contribution in [1.82, 2.24) is 5.43 Å². The summed E-state index contributed by atoms with van der Waals surface area (Å²) in [7, 11) is 0. The molecule has 0 aliphatic heterocycles. The van der Waals surface area contributed by atoms with Crippen LogP contribution in [-0.4, -0.2) is 33.8 Å². The maximum absolute atomic E-state index is 12.5. The quantitative estimate of drug-likeness (QED) is 0.0929. The molecule has 0 atom stereocenters. The summed E-state index contributed by atoms with van der Waals surface area (Å²) < 4.78 is 5.27. The van der Waals surface area contributed by atoms with E-state index in [9.17, 15) is 34.6 Å². The number of hydrazone groups is 1. The van der Waals surface area contributed by atoms with Crippen LogP contribution in [0.1, 0.15) is 42.3 Å². The number of nitrogens with zero attached hydrogens (tertiary/aromatic N) is 3. The Hall–Kier alpha value is -5.72. The average molecular weight is 560 g/mol. The van der Waals surface area contributed by atoms with Crippen molar-refractivity contribution >= 4 is 47.1 Å². The number of nitro benzene ring substituents is 2. The van der Waals surface area contributed by atoms with Crippen LogP contribution in [0, 0.1) is 25.6 Å². The number of hydrogen-bond acceptors (Lipinski definition) is 9. The Morgan fingerprint density at radius 2 is 1.56 bits per heavy atom. The highest BCUT2D eigenvalue weighted by molar-refractivity contribution is 5.98. The van der Waals surface area contributed by atoms with E-state index in [4.69, 9.17) is 4.74 Å². The molecule has 0 heterocycles. The lowest BCUT2D eigenvalue weighted by atomic mass is 9.95. The Morgan fingerprint density at radius 3 is 2.20 bits per heavy atom. The molecule has 0 spiro atoms. The van der Waals surface area contributed by atoms with Crippen molar-refractivity contribution in [3.05, 3.63) is 110 Å². The number of amides is 2. The maximum atomic E-state index is 12.5. The van der Waals surface area contributed by atoms with Gasteiger partial charge in [0, 0.05) is 52.6 Å². The third-order valence-corrected chi connectivity index (χ3v) is 5.36. The van der Waals surface area contributed by atoms with Crippen LogP contribution < -0.4 is 15.5 Å². The van der Waals surface area contributed by atoms with Crippen LogP contribution in [0.2, 0.25) is 0 Å². The number of anilines is 1. The minimum absolute atomic E-state index is 0.0249. The molecule has 0 aromatic heterocycles. The zero-order chi connectivity index (χ0) is 30.2. The van der Waals surface area contributed by atoms with Crippen LogP contribution >= 0.6 is 0 Å². The van der Waals surface area contributed by atoms with E-state index < -0.39 is 27.1 Å². The van der Waals surface area contributed by atoms with Gasteiger partial charge in [0.15, 0.2) is 0 Å². The third kappa shape index (κ3) is 8.64. The minimum Gasteiger partial charge on any atom is -0.423 e. The summed E-state index contributed by atoms with van der Waals surface area (Å²) in [6.07, 6.45) is 3.43. The number of rotatable bonds is 9. The molecule has 0 unspecified atom stereocenters. The van der Waals surface area contributed by atoms with Gasteiger partial charge in [-0.3, -0.25) is 29.8 Å². The van der Waals surface area contributed by atoms with E-state index in [2.05, 4.69) is 15.8 Å². The highest BCUT2D eigenvalue weighted by Gasteiger charge is 2.21. The fraction of sp³-hybridized carbons (Fsp3) is 0.143. The molecule has 0 bridgehead atoms. The summed E-state index contributed by atoms with van der Waals surface area (Å²) in [6, 6.07) is 15.1. The van der Waals surface area contributed by atoms with Crippen molar-refractivity contribution in [2.24, 2.45) is 10.5 Å². The highest BCUT2D eigenvalue weighted by Crippen LogP contribution is 2.24. The van der Waals surface area contributed by atoms with E-state index >= 15 is 0 Å². The van der Waals surface area contributed by atoms with Crippen LogP contribution in [0.15, 0.2) is 77.9 Å². The number of carbonyl (C=O) groups is 3. The average Bonchev–Trinajstić information content (AvgIpc) is 2.92. The largest absolute Gasteiger partial charge is 0.423 e. The number of ether oxygens (including phenoxy) is 1. The first kappa shape index (κ1) is 29.8. The summed E-state index contributed by atoms with van der Waals surface area (Å²) in [4.78, 5) is 57.9. The highest BCUT2D eigenvalue weighted by atomic mass is 16.6. The number of nitro groups is 2. The summed E-state index contributed by atoms with van der Waals surface area (Å²) in [5, 5.41) is 28.7. The van der Waals surface area contributed by atoms with Crippen LogP contribution in [-0.2, 0) is 9.59 Å². The molecule has 0 saturated heterocycles. The zero-order valence-electron chi connectivity index (χ0n) is 22.2. The van der Waals surface area contributed by atoms with E-state index in [1.807, 2.05) is 0 Å². The molecule has 3 aromatic carbocycles. The first-order chi connectivity index (χ1) is 19.3. The number of carbonyl (C=O) groups excluding carboxylic acids is 3. The SMILES string of the molecule is CC(C)(C)C(=O)Nc1ccc(C(=O)N/N=C/c2cc([N+](=O)[O-])ccc2OC(=O)/C=C/c2cccc([N+](=O)[O-])c2)cc1. The van der Waals surface area contributed by atoms with Gasteiger partial charge in [-0.15, -0.1) is 0 Å².